The molecule has 1 aromatic heterocycles. The molecule has 5 heteroatoms. The zero-order valence-corrected chi connectivity index (χ0v) is 8.94. The van der Waals surface area contributed by atoms with Crippen molar-refractivity contribution >= 4 is 11.7 Å². The highest BCUT2D eigenvalue weighted by molar-refractivity contribution is 5.95. The van der Waals surface area contributed by atoms with E-state index in [0.717, 1.165) is 0 Å². The lowest BCUT2D eigenvalue weighted by Crippen LogP contribution is -2.33. The van der Waals surface area contributed by atoms with Gasteiger partial charge in [-0.25, -0.2) is 0 Å². The molecule has 0 aromatic carbocycles. The Balaban J connectivity index is 1.89. The molecule has 0 spiro atoms. The van der Waals surface area contributed by atoms with Crippen molar-refractivity contribution in [1.82, 2.24) is 10.2 Å². The van der Waals surface area contributed by atoms with Crippen LogP contribution in [0.1, 0.15) is 17.0 Å². The van der Waals surface area contributed by atoms with E-state index >= 15 is 0 Å². The normalized spacial score (nSPS) is 17.9. The number of ketones is 1. The van der Waals surface area contributed by atoms with Crippen molar-refractivity contribution in [2.24, 2.45) is 0 Å². The van der Waals surface area contributed by atoms with Crippen LogP contribution >= 0.6 is 0 Å². The Hall–Kier alpha value is -1.62. The number of Topliss-reactive ketones (excluding diaryl/α,β-unsaturated/α-hetero) is 1. The van der Waals surface area contributed by atoms with Crippen LogP contribution in [0.2, 0.25) is 0 Å². The van der Waals surface area contributed by atoms with Gasteiger partial charge in [-0.05, 0) is 12.1 Å². The molecule has 86 valence electrons. The molecule has 1 aliphatic rings. The number of rotatable bonds is 3. The Labute approximate surface area is 93.4 Å². The second-order valence-electron chi connectivity index (χ2n) is 3.78. The maximum Gasteiger partial charge on any atom is 0.221 e. The molecule has 1 saturated heterocycles. The highest BCUT2D eigenvalue weighted by Crippen LogP contribution is 2.04. The van der Waals surface area contributed by atoms with E-state index in [1.807, 2.05) is 4.90 Å². The van der Waals surface area contributed by atoms with Gasteiger partial charge in [0.2, 0.25) is 11.7 Å². The first-order chi connectivity index (χ1) is 7.75. The molecule has 2 heterocycles. The molecule has 1 fully saturated rings. The number of nitrogens with zero attached hydrogens (tertiary/aromatic N) is 1. The van der Waals surface area contributed by atoms with Crippen molar-refractivity contribution in [2.75, 3.05) is 26.2 Å². The molecule has 0 radical (unpaired) electrons. The second kappa shape index (κ2) is 4.94. The zero-order chi connectivity index (χ0) is 11.4. The molecule has 16 heavy (non-hydrogen) atoms. The third-order valence-corrected chi connectivity index (χ3v) is 2.57. The SMILES string of the molecule is O=C1CCN(CC(=O)c2ccco2)CCN1. The molecule has 0 unspecified atom stereocenters. The molecule has 1 aromatic rings. The summed E-state index contributed by atoms with van der Waals surface area (Å²) < 4.78 is 5.03. The van der Waals surface area contributed by atoms with Crippen LogP contribution in [0, 0.1) is 0 Å². The second-order valence-corrected chi connectivity index (χ2v) is 3.78. The van der Waals surface area contributed by atoms with Gasteiger partial charge in [-0.2, -0.15) is 0 Å². The maximum absolute atomic E-state index is 11.7. The predicted molar refractivity (Wildman–Crippen MR) is 57.1 cm³/mol. The van der Waals surface area contributed by atoms with Crippen LogP contribution in [0.5, 0.6) is 0 Å². The first-order valence-electron chi connectivity index (χ1n) is 5.31. The fourth-order valence-corrected chi connectivity index (χ4v) is 1.69. The highest BCUT2D eigenvalue weighted by atomic mass is 16.3. The van der Waals surface area contributed by atoms with Crippen LogP contribution in [-0.4, -0.2) is 42.8 Å². The molecule has 5 nitrogen and oxygen atoms in total. The Morgan fingerprint density at radius 3 is 3.12 bits per heavy atom. The van der Waals surface area contributed by atoms with Gasteiger partial charge in [-0.15, -0.1) is 0 Å². The molecule has 2 rings (SSSR count). The summed E-state index contributed by atoms with van der Waals surface area (Å²) in [6.07, 6.45) is 1.94. The summed E-state index contributed by atoms with van der Waals surface area (Å²) in [4.78, 5) is 24.8. The van der Waals surface area contributed by atoms with Crippen molar-refractivity contribution in [3.05, 3.63) is 24.2 Å². The zero-order valence-electron chi connectivity index (χ0n) is 8.94. The van der Waals surface area contributed by atoms with E-state index in [1.165, 1.54) is 6.26 Å². The Morgan fingerprint density at radius 1 is 1.50 bits per heavy atom. The lowest BCUT2D eigenvalue weighted by Gasteiger charge is -2.16. The number of hydrogen-bond donors (Lipinski definition) is 1. The van der Waals surface area contributed by atoms with E-state index in [9.17, 15) is 9.59 Å². The summed E-state index contributed by atoms with van der Waals surface area (Å²) in [7, 11) is 0. The third kappa shape index (κ3) is 2.70. The summed E-state index contributed by atoms with van der Waals surface area (Å²) >= 11 is 0. The fraction of sp³-hybridized carbons (Fsp3) is 0.455. The van der Waals surface area contributed by atoms with Gasteiger partial charge in [-0.1, -0.05) is 0 Å². The summed E-state index contributed by atoms with van der Waals surface area (Å²) in [6.45, 7) is 2.24. The molecule has 1 N–H and O–H groups in total. The van der Waals surface area contributed by atoms with Crippen LogP contribution in [-0.2, 0) is 4.79 Å². The molecular weight excluding hydrogens is 208 g/mol. The van der Waals surface area contributed by atoms with Crippen LogP contribution in [0.25, 0.3) is 0 Å². The lowest BCUT2D eigenvalue weighted by molar-refractivity contribution is -0.120. The number of nitrogens with one attached hydrogen (secondary N) is 1. The van der Waals surface area contributed by atoms with E-state index in [2.05, 4.69) is 5.32 Å². The highest BCUT2D eigenvalue weighted by Gasteiger charge is 2.17. The topological polar surface area (TPSA) is 62.6 Å². The lowest BCUT2D eigenvalue weighted by atomic mass is 10.2. The summed E-state index contributed by atoms with van der Waals surface area (Å²) in [5, 5.41) is 2.77. The van der Waals surface area contributed by atoms with E-state index < -0.39 is 0 Å². The van der Waals surface area contributed by atoms with Crippen molar-refractivity contribution in [3.63, 3.8) is 0 Å². The van der Waals surface area contributed by atoms with Crippen molar-refractivity contribution < 1.29 is 14.0 Å². The fourth-order valence-electron chi connectivity index (χ4n) is 1.69. The van der Waals surface area contributed by atoms with Crippen molar-refractivity contribution in [3.8, 4) is 0 Å². The van der Waals surface area contributed by atoms with Crippen molar-refractivity contribution in [2.45, 2.75) is 6.42 Å². The van der Waals surface area contributed by atoms with Gasteiger partial charge in [0.25, 0.3) is 0 Å². The van der Waals surface area contributed by atoms with Gasteiger partial charge < -0.3 is 9.73 Å². The van der Waals surface area contributed by atoms with Crippen LogP contribution in [0.15, 0.2) is 22.8 Å². The van der Waals surface area contributed by atoms with Crippen LogP contribution in [0.4, 0.5) is 0 Å². The number of amides is 1. The third-order valence-electron chi connectivity index (χ3n) is 2.57. The Bertz CT molecular complexity index is 373. The molecule has 0 saturated carbocycles. The summed E-state index contributed by atoms with van der Waals surface area (Å²) in [6, 6.07) is 3.35. The van der Waals surface area contributed by atoms with E-state index in [4.69, 9.17) is 4.42 Å². The van der Waals surface area contributed by atoms with Gasteiger partial charge in [0.05, 0.1) is 12.8 Å². The summed E-state index contributed by atoms with van der Waals surface area (Å²) in [5.74, 6) is 0.385. The van der Waals surface area contributed by atoms with E-state index in [0.29, 0.717) is 38.4 Å². The Morgan fingerprint density at radius 2 is 2.38 bits per heavy atom. The number of furan rings is 1. The first kappa shape index (κ1) is 10.9. The average Bonchev–Trinajstić information content (AvgIpc) is 2.72. The molecule has 0 aliphatic carbocycles. The smallest absolute Gasteiger partial charge is 0.221 e. The minimum absolute atomic E-state index is 0.0423. The maximum atomic E-state index is 11.7. The quantitative estimate of drug-likeness (QED) is 0.746. The minimum atomic E-state index is -0.0423. The molecule has 0 atom stereocenters. The monoisotopic (exact) mass is 222 g/mol. The Kier molecular flexibility index (Phi) is 3.36. The van der Waals surface area contributed by atoms with Gasteiger partial charge in [-0.3, -0.25) is 14.5 Å². The molecular formula is C11H14N2O3. The summed E-state index contributed by atoms with van der Waals surface area (Å²) in [5.41, 5.74) is 0. The van der Waals surface area contributed by atoms with Crippen LogP contribution < -0.4 is 5.32 Å². The number of carbonyl (C=O) groups is 2. The molecule has 0 bridgehead atoms. The van der Waals surface area contributed by atoms with E-state index in [-0.39, 0.29) is 11.7 Å². The van der Waals surface area contributed by atoms with Gasteiger partial charge >= 0.3 is 0 Å². The number of carbonyl (C=O) groups excluding carboxylic acids is 2. The van der Waals surface area contributed by atoms with Gasteiger partial charge in [0, 0.05) is 26.1 Å². The molecule has 1 aliphatic heterocycles. The number of hydrogen-bond acceptors (Lipinski definition) is 4. The minimum Gasteiger partial charge on any atom is -0.461 e. The first-order valence-corrected chi connectivity index (χ1v) is 5.31. The standard InChI is InChI=1S/C11H14N2O3/c14-9(10-2-1-7-16-10)8-13-5-3-11(15)12-4-6-13/h1-2,7H,3-6,8H2,(H,12,15). The van der Waals surface area contributed by atoms with Gasteiger partial charge in [0.1, 0.15) is 0 Å². The van der Waals surface area contributed by atoms with Crippen LogP contribution in [0.3, 0.4) is 0 Å². The average molecular weight is 222 g/mol. The largest absolute Gasteiger partial charge is 0.461 e. The predicted octanol–water partition coefficient (Wildman–Crippen LogP) is 0.284. The van der Waals surface area contributed by atoms with Crippen molar-refractivity contribution in [1.29, 1.82) is 0 Å². The molecule has 1 amide bonds. The van der Waals surface area contributed by atoms with Gasteiger partial charge in [0.15, 0.2) is 5.76 Å². The van der Waals surface area contributed by atoms with E-state index in [1.54, 1.807) is 12.1 Å².